The quantitative estimate of drug-likeness (QED) is 0.287. The minimum atomic E-state index is 0.458. The van der Waals surface area contributed by atoms with Crippen molar-refractivity contribution >= 4 is 27.6 Å². The second-order valence-electron chi connectivity index (χ2n) is 6.51. The number of benzene rings is 3. The number of hydrogen-bond acceptors (Lipinski definition) is 4. The van der Waals surface area contributed by atoms with Crippen LogP contribution < -0.4 is 5.43 Å². The first-order chi connectivity index (χ1) is 14.2. The highest BCUT2D eigenvalue weighted by atomic mass is 79.9. The summed E-state index contributed by atoms with van der Waals surface area (Å²) in [5, 5.41) is 4.48. The second kappa shape index (κ2) is 8.80. The SMILES string of the molecule is CC(=NNc1nc(-c2ccccc2)cc(-c2ccc(Br)cc2)n1)c1ccccc1. The highest BCUT2D eigenvalue weighted by Gasteiger charge is 2.09. The molecule has 4 rings (SSSR count). The van der Waals surface area contributed by atoms with E-state index in [1.807, 2.05) is 97.9 Å². The van der Waals surface area contributed by atoms with Gasteiger partial charge in [-0.05, 0) is 30.7 Å². The van der Waals surface area contributed by atoms with Gasteiger partial charge in [-0.15, -0.1) is 0 Å². The fraction of sp³-hybridized carbons (Fsp3) is 0.0417. The number of anilines is 1. The molecule has 0 bridgehead atoms. The summed E-state index contributed by atoms with van der Waals surface area (Å²) in [6.07, 6.45) is 0. The highest BCUT2D eigenvalue weighted by molar-refractivity contribution is 9.10. The maximum Gasteiger partial charge on any atom is 0.244 e. The Hall–Kier alpha value is -3.31. The van der Waals surface area contributed by atoms with Crippen molar-refractivity contribution in [2.75, 3.05) is 5.43 Å². The molecule has 0 radical (unpaired) electrons. The van der Waals surface area contributed by atoms with Crippen molar-refractivity contribution in [2.45, 2.75) is 6.92 Å². The number of hydrazone groups is 1. The molecule has 142 valence electrons. The van der Waals surface area contributed by atoms with Crippen LogP contribution in [0.4, 0.5) is 5.95 Å². The van der Waals surface area contributed by atoms with Gasteiger partial charge in [0.05, 0.1) is 17.1 Å². The van der Waals surface area contributed by atoms with E-state index >= 15 is 0 Å². The maximum atomic E-state index is 4.68. The van der Waals surface area contributed by atoms with Gasteiger partial charge >= 0.3 is 0 Å². The van der Waals surface area contributed by atoms with Crippen LogP contribution in [0.1, 0.15) is 12.5 Å². The van der Waals surface area contributed by atoms with Crippen LogP contribution >= 0.6 is 15.9 Å². The summed E-state index contributed by atoms with van der Waals surface area (Å²) in [6, 6.07) is 30.2. The number of halogens is 1. The van der Waals surface area contributed by atoms with E-state index in [-0.39, 0.29) is 0 Å². The third-order valence-corrected chi connectivity index (χ3v) is 4.98. The third kappa shape index (κ3) is 4.76. The molecule has 0 fully saturated rings. The standard InChI is InChI=1S/C24H19BrN4/c1-17(18-8-4-2-5-9-18)28-29-24-26-22(19-10-6-3-7-11-19)16-23(27-24)20-12-14-21(25)15-13-20/h2-16H,1H3,(H,26,27,29). The Kier molecular flexibility index (Phi) is 5.77. The molecular formula is C24H19BrN4. The van der Waals surface area contributed by atoms with Crippen LogP contribution in [0, 0.1) is 0 Å². The van der Waals surface area contributed by atoms with Crippen molar-refractivity contribution in [1.82, 2.24) is 9.97 Å². The predicted molar refractivity (Wildman–Crippen MR) is 123 cm³/mol. The smallest absolute Gasteiger partial charge is 0.244 e. The van der Waals surface area contributed by atoms with E-state index in [1.165, 1.54) is 0 Å². The number of nitrogens with one attached hydrogen (secondary N) is 1. The molecule has 5 heteroatoms. The van der Waals surface area contributed by atoms with E-state index in [9.17, 15) is 0 Å². The van der Waals surface area contributed by atoms with E-state index in [1.54, 1.807) is 0 Å². The lowest BCUT2D eigenvalue weighted by atomic mass is 10.1. The molecule has 0 aliphatic carbocycles. The first-order valence-electron chi connectivity index (χ1n) is 9.25. The van der Waals surface area contributed by atoms with Crippen LogP contribution in [0.3, 0.4) is 0 Å². The molecule has 4 aromatic rings. The van der Waals surface area contributed by atoms with Gasteiger partial charge in [0.1, 0.15) is 0 Å². The van der Waals surface area contributed by atoms with E-state index in [0.717, 1.165) is 38.3 Å². The fourth-order valence-corrected chi connectivity index (χ4v) is 3.16. The molecule has 3 aromatic carbocycles. The van der Waals surface area contributed by atoms with Gasteiger partial charge in [-0.3, -0.25) is 0 Å². The van der Waals surface area contributed by atoms with Crippen molar-refractivity contribution in [3.05, 3.63) is 101 Å². The number of nitrogens with zero attached hydrogens (tertiary/aromatic N) is 3. The Morgan fingerprint density at radius 3 is 1.93 bits per heavy atom. The van der Waals surface area contributed by atoms with Gasteiger partial charge in [0.2, 0.25) is 5.95 Å². The van der Waals surface area contributed by atoms with Crippen molar-refractivity contribution in [3.63, 3.8) is 0 Å². The molecular weight excluding hydrogens is 424 g/mol. The topological polar surface area (TPSA) is 50.2 Å². The minimum Gasteiger partial charge on any atom is -0.245 e. The monoisotopic (exact) mass is 442 g/mol. The largest absolute Gasteiger partial charge is 0.245 e. The first-order valence-corrected chi connectivity index (χ1v) is 10.0. The summed E-state index contributed by atoms with van der Waals surface area (Å²) in [7, 11) is 0. The van der Waals surface area contributed by atoms with Crippen molar-refractivity contribution in [3.8, 4) is 22.5 Å². The molecule has 0 spiro atoms. The van der Waals surface area contributed by atoms with Gasteiger partial charge < -0.3 is 0 Å². The molecule has 1 heterocycles. The zero-order chi connectivity index (χ0) is 20.1. The van der Waals surface area contributed by atoms with Crippen LogP contribution in [0.15, 0.2) is 101 Å². The summed E-state index contributed by atoms with van der Waals surface area (Å²) < 4.78 is 1.03. The Labute approximate surface area is 178 Å². The van der Waals surface area contributed by atoms with Gasteiger partial charge in [0.15, 0.2) is 0 Å². The van der Waals surface area contributed by atoms with Crippen molar-refractivity contribution in [1.29, 1.82) is 0 Å². The molecule has 4 nitrogen and oxygen atoms in total. The lowest BCUT2D eigenvalue weighted by Gasteiger charge is -2.09. The van der Waals surface area contributed by atoms with Gasteiger partial charge in [0, 0.05) is 15.6 Å². The lowest BCUT2D eigenvalue weighted by Crippen LogP contribution is -2.03. The summed E-state index contributed by atoms with van der Waals surface area (Å²) in [4.78, 5) is 9.35. The Balaban J connectivity index is 1.72. The Morgan fingerprint density at radius 1 is 0.759 bits per heavy atom. The number of aromatic nitrogens is 2. The average molecular weight is 443 g/mol. The van der Waals surface area contributed by atoms with Gasteiger partial charge in [-0.25, -0.2) is 15.4 Å². The Bertz CT molecular complexity index is 1120. The van der Waals surface area contributed by atoms with Crippen molar-refractivity contribution < 1.29 is 0 Å². The van der Waals surface area contributed by atoms with Crippen LogP contribution in [0.5, 0.6) is 0 Å². The van der Waals surface area contributed by atoms with Crippen LogP contribution in [0.2, 0.25) is 0 Å². The molecule has 1 aromatic heterocycles. The fourth-order valence-electron chi connectivity index (χ4n) is 2.90. The third-order valence-electron chi connectivity index (χ3n) is 4.45. The van der Waals surface area contributed by atoms with E-state index in [2.05, 4.69) is 36.4 Å². The van der Waals surface area contributed by atoms with Crippen LogP contribution in [-0.4, -0.2) is 15.7 Å². The second-order valence-corrected chi connectivity index (χ2v) is 7.43. The van der Waals surface area contributed by atoms with Crippen LogP contribution in [-0.2, 0) is 0 Å². The predicted octanol–water partition coefficient (Wildman–Crippen LogP) is 6.41. The van der Waals surface area contributed by atoms with Gasteiger partial charge in [-0.1, -0.05) is 88.7 Å². The Morgan fingerprint density at radius 2 is 1.31 bits per heavy atom. The molecule has 0 unspecified atom stereocenters. The first kappa shape index (κ1) is 19.0. The molecule has 0 aliphatic rings. The summed E-state index contributed by atoms with van der Waals surface area (Å²) in [5.74, 6) is 0.458. The number of rotatable bonds is 5. The zero-order valence-corrected chi connectivity index (χ0v) is 17.5. The summed E-state index contributed by atoms with van der Waals surface area (Å²) in [5.41, 5.74) is 8.66. The normalized spacial score (nSPS) is 11.3. The molecule has 0 atom stereocenters. The minimum absolute atomic E-state index is 0.458. The average Bonchev–Trinajstić information content (AvgIpc) is 2.79. The molecule has 0 amide bonds. The van der Waals surface area contributed by atoms with Gasteiger partial charge in [0.25, 0.3) is 0 Å². The van der Waals surface area contributed by atoms with Crippen LogP contribution in [0.25, 0.3) is 22.5 Å². The molecule has 0 saturated heterocycles. The molecule has 0 saturated carbocycles. The van der Waals surface area contributed by atoms with E-state index < -0.39 is 0 Å². The number of hydrogen-bond donors (Lipinski definition) is 1. The lowest BCUT2D eigenvalue weighted by molar-refractivity contribution is 1.12. The van der Waals surface area contributed by atoms with E-state index in [4.69, 9.17) is 0 Å². The summed E-state index contributed by atoms with van der Waals surface area (Å²) in [6.45, 7) is 1.96. The maximum absolute atomic E-state index is 4.68. The van der Waals surface area contributed by atoms with E-state index in [0.29, 0.717) is 5.95 Å². The zero-order valence-electron chi connectivity index (χ0n) is 15.9. The summed E-state index contributed by atoms with van der Waals surface area (Å²) >= 11 is 3.48. The molecule has 0 aliphatic heterocycles. The van der Waals surface area contributed by atoms with Crippen molar-refractivity contribution in [2.24, 2.45) is 5.10 Å². The molecule has 29 heavy (non-hydrogen) atoms. The van der Waals surface area contributed by atoms with Gasteiger partial charge in [-0.2, -0.15) is 5.10 Å². The highest BCUT2D eigenvalue weighted by Crippen LogP contribution is 2.26. The molecule has 1 N–H and O–H groups in total.